The number of nitrogens with zero attached hydrogens (tertiary/aromatic N) is 1. The van der Waals surface area contributed by atoms with E-state index in [1.165, 1.54) is 0 Å². The quantitative estimate of drug-likeness (QED) is 0.518. The van der Waals surface area contributed by atoms with Gasteiger partial charge in [-0.25, -0.2) is 0 Å². The lowest BCUT2D eigenvalue weighted by molar-refractivity contribution is 0.412. The standard InChI is InChI=1S/C8H15N/c1-5-8(3)7-9(4)6-2/h5-6,8H,1-2,7H2,3-4H3. The molecule has 0 amide bonds. The highest BCUT2D eigenvalue weighted by molar-refractivity contribution is 4.79. The van der Waals surface area contributed by atoms with Crippen LogP contribution in [0.15, 0.2) is 25.4 Å². The lowest BCUT2D eigenvalue weighted by Crippen LogP contribution is -2.16. The molecule has 0 radical (unpaired) electrons. The third-order valence-corrected chi connectivity index (χ3v) is 1.29. The molecule has 0 spiro atoms. The molecule has 0 rings (SSSR count). The van der Waals surface area contributed by atoms with Crippen LogP contribution in [0.1, 0.15) is 6.92 Å². The maximum atomic E-state index is 3.69. The van der Waals surface area contributed by atoms with Gasteiger partial charge in [0.05, 0.1) is 0 Å². The van der Waals surface area contributed by atoms with E-state index in [1.807, 2.05) is 24.2 Å². The van der Waals surface area contributed by atoms with Gasteiger partial charge in [0.15, 0.2) is 0 Å². The zero-order chi connectivity index (χ0) is 7.28. The Labute approximate surface area is 57.7 Å². The molecule has 1 heteroatoms. The normalized spacial score (nSPS) is 12.2. The zero-order valence-electron chi connectivity index (χ0n) is 6.30. The van der Waals surface area contributed by atoms with Gasteiger partial charge >= 0.3 is 0 Å². The van der Waals surface area contributed by atoms with E-state index in [0.717, 1.165) is 6.54 Å². The molecule has 0 saturated heterocycles. The minimum Gasteiger partial charge on any atom is -0.380 e. The summed E-state index contributed by atoms with van der Waals surface area (Å²) >= 11 is 0. The first-order valence-corrected chi connectivity index (χ1v) is 3.16. The largest absolute Gasteiger partial charge is 0.380 e. The van der Waals surface area contributed by atoms with E-state index in [9.17, 15) is 0 Å². The summed E-state index contributed by atoms with van der Waals surface area (Å²) in [5.41, 5.74) is 0. The Hall–Kier alpha value is -0.720. The molecule has 0 aliphatic carbocycles. The molecule has 0 N–H and O–H groups in total. The Bertz CT molecular complexity index is 84.7. The average Bonchev–Trinajstić information content (AvgIpc) is 1.87. The van der Waals surface area contributed by atoms with Crippen molar-refractivity contribution in [1.29, 1.82) is 0 Å². The molecular weight excluding hydrogens is 110 g/mol. The van der Waals surface area contributed by atoms with Gasteiger partial charge in [0.2, 0.25) is 0 Å². The fraction of sp³-hybridized carbons (Fsp3) is 0.500. The Balaban J connectivity index is 3.45. The van der Waals surface area contributed by atoms with Gasteiger partial charge in [0.1, 0.15) is 0 Å². The van der Waals surface area contributed by atoms with E-state index >= 15 is 0 Å². The molecule has 1 unspecified atom stereocenters. The maximum absolute atomic E-state index is 3.69. The molecule has 1 nitrogen and oxygen atoms in total. The molecular formula is C8H15N. The molecule has 0 aliphatic rings. The Kier molecular flexibility index (Phi) is 3.85. The Morgan fingerprint density at radius 3 is 2.44 bits per heavy atom. The summed E-state index contributed by atoms with van der Waals surface area (Å²) in [7, 11) is 2.01. The summed E-state index contributed by atoms with van der Waals surface area (Å²) in [6, 6.07) is 0. The van der Waals surface area contributed by atoms with Gasteiger partial charge in [-0.2, -0.15) is 0 Å². The molecule has 0 saturated carbocycles. The zero-order valence-corrected chi connectivity index (χ0v) is 6.30. The van der Waals surface area contributed by atoms with Crippen LogP contribution in [0.2, 0.25) is 0 Å². The van der Waals surface area contributed by atoms with Crippen LogP contribution in [-0.4, -0.2) is 18.5 Å². The van der Waals surface area contributed by atoms with Gasteiger partial charge in [-0.3, -0.25) is 0 Å². The highest BCUT2D eigenvalue weighted by Gasteiger charge is 1.95. The maximum Gasteiger partial charge on any atom is 0.0229 e. The van der Waals surface area contributed by atoms with Crippen molar-refractivity contribution >= 4 is 0 Å². The van der Waals surface area contributed by atoms with Gasteiger partial charge in [0.25, 0.3) is 0 Å². The minimum absolute atomic E-state index is 0.549. The molecule has 0 aliphatic heterocycles. The summed E-state index contributed by atoms with van der Waals surface area (Å²) < 4.78 is 0. The van der Waals surface area contributed by atoms with Crippen molar-refractivity contribution in [3.8, 4) is 0 Å². The van der Waals surface area contributed by atoms with Crippen molar-refractivity contribution in [3.05, 3.63) is 25.4 Å². The van der Waals surface area contributed by atoms with Crippen LogP contribution in [0.4, 0.5) is 0 Å². The van der Waals surface area contributed by atoms with Crippen LogP contribution in [-0.2, 0) is 0 Å². The summed E-state index contributed by atoms with van der Waals surface area (Å²) in [5.74, 6) is 0.549. The monoisotopic (exact) mass is 125 g/mol. The van der Waals surface area contributed by atoms with E-state index < -0.39 is 0 Å². The highest BCUT2D eigenvalue weighted by atomic mass is 15.1. The first kappa shape index (κ1) is 8.28. The third kappa shape index (κ3) is 3.83. The van der Waals surface area contributed by atoms with Gasteiger partial charge in [-0.15, -0.1) is 6.58 Å². The number of hydrogen-bond donors (Lipinski definition) is 0. The van der Waals surface area contributed by atoms with Crippen molar-refractivity contribution in [1.82, 2.24) is 4.90 Å². The van der Waals surface area contributed by atoms with Crippen LogP contribution in [0.5, 0.6) is 0 Å². The van der Waals surface area contributed by atoms with Crippen LogP contribution in [0, 0.1) is 5.92 Å². The van der Waals surface area contributed by atoms with Crippen molar-refractivity contribution < 1.29 is 0 Å². The van der Waals surface area contributed by atoms with E-state index in [1.54, 1.807) is 0 Å². The van der Waals surface area contributed by atoms with Gasteiger partial charge in [-0.1, -0.05) is 19.6 Å². The number of rotatable bonds is 4. The van der Waals surface area contributed by atoms with Crippen molar-refractivity contribution in [2.45, 2.75) is 6.92 Å². The third-order valence-electron chi connectivity index (χ3n) is 1.29. The predicted molar refractivity (Wildman–Crippen MR) is 42.2 cm³/mol. The van der Waals surface area contributed by atoms with E-state index in [-0.39, 0.29) is 0 Å². The second kappa shape index (κ2) is 4.19. The molecule has 0 bridgehead atoms. The van der Waals surface area contributed by atoms with Crippen LogP contribution in [0.3, 0.4) is 0 Å². The lowest BCUT2D eigenvalue weighted by Gasteiger charge is -2.15. The minimum atomic E-state index is 0.549. The van der Waals surface area contributed by atoms with Crippen molar-refractivity contribution in [2.75, 3.05) is 13.6 Å². The molecule has 0 fully saturated rings. The first-order chi connectivity index (χ1) is 4.20. The van der Waals surface area contributed by atoms with Crippen LogP contribution >= 0.6 is 0 Å². The molecule has 0 aromatic rings. The summed E-state index contributed by atoms with van der Waals surface area (Å²) in [5, 5.41) is 0. The second-order valence-corrected chi connectivity index (χ2v) is 2.34. The van der Waals surface area contributed by atoms with Crippen molar-refractivity contribution in [3.63, 3.8) is 0 Å². The Morgan fingerprint density at radius 2 is 2.11 bits per heavy atom. The average molecular weight is 125 g/mol. The van der Waals surface area contributed by atoms with E-state index in [0.29, 0.717) is 5.92 Å². The molecule has 0 heterocycles. The summed E-state index contributed by atoms with van der Waals surface area (Å²) in [4.78, 5) is 2.05. The molecule has 52 valence electrons. The molecule has 0 aromatic heterocycles. The smallest absolute Gasteiger partial charge is 0.0229 e. The SMILES string of the molecule is C=CC(C)CN(C)C=C. The van der Waals surface area contributed by atoms with E-state index in [2.05, 4.69) is 20.1 Å². The fourth-order valence-corrected chi connectivity index (χ4v) is 0.603. The first-order valence-electron chi connectivity index (χ1n) is 3.16. The Morgan fingerprint density at radius 1 is 1.56 bits per heavy atom. The van der Waals surface area contributed by atoms with Crippen molar-refractivity contribution in [2.24, 2.45) is 5.92 Å². The van der Waals surface area contributed by atoms with Crippen LogP contribution in [0.25, 0.3) is 0 Å². The van der Waals surface area contributed by atoms with Crippen LogP contribution < -0.4 is 0 Å². The molecule has 9 heavy (non-hydrogen) atoms. The second-order valence-electron chi connectivity index (χ2n) is 2.34. The fourth-order valence-electron chi connectivity index (χ4n) is 0.603. The van der Waals surface area contributed by atoms with Gasteiger partial charge < -0.3 is 4.90 Å². The van der Waals surface area contributed by atoms with Gasteiger partial charge in [0, 0.05) is 13.6 Å². The molecule has 1 atom stereocenters. The predicted octanol–water partition coefficient (Wildman–Crippen LogP) is 1.88. The highest BCUT2D eigenvalue weighted by Crippen LogP contribution is 1.97. The topological polar surface area (TPSA) is 3.24 Å². The summed E-state index contributed by atoms with van der Waals surface area (Å²) in [6.45, 7) is 10.5. The van der Waals surface area contributed by atoms with E-state index in [4.69, 9.17) is 0 Å². The lowest BCUT2D eigenvalue weighted by atomic mass is 10.2. The van der Waals surface area contributed by atoms with Gasteiger partial charge in [-0.05, 0) is 12.1 Å². The molecule has 0 aromatic carbocycles. The number of hydrogen-bond acceptors (Lipinski definition) is 1. The summed E-state index contributed by atoms with van der Waals surface area (Å²) in [6.07, 6.45) is 3.76.